The summed E-state index contributed by atoms with van der Waals surface area (Å²) in [4.78, 5) is 0. The Hall–Kier alpha value is -0.960. The van der Waals surface area contributed by atoms with Gasteiger partial charge in [-0.05, 0) is 20.3 Å². The molecule has 0 aromatic carbocycles. The number of hydrogen-bond donors (Lipinski definition) is 0. The Morgan fingerprint density at radius 2 is 1.92 bits per heavy atom. The Morgan fingerprint density at radius 3 is 2.25 bits per heavy atom. The topological polar surface area (TPSA) is 0 Å². The van der Waals surface area contributed by atoms with Gasteiger partial charge >= 0.3 is 0 Å². The number of allylic oxidation sites excluding steroid dienone is 4. The molecule has 0 aliphatic carbocycles. The van der Waals surface area contributed by atoms with Gasteiger partial charge in [-0.1, -0.05) is 44.9 Å². The molecule has 0 spiro atoms. The van der Waals surface area contributed by atoms with E-state index >= 15 is 0 Å². The maximum atomic E-state index is 3.01. The van der Waals surface area contributed by atoms with Crippen molar-refractivity contribution in [3.05, 3.63) is 23.8 Å². The first kappa shape index (κ1) is 13.6. The van der Waals surface area contributed by atoms with Crippen LogP contribution >= 0.6 is 0 Å². The quantitative estimate of drug-likeness (QED) is 0.428. The van der Waals surface area contributed by atoms with Crippen LogP contribution in [0.2, 0.25) is 0 Å². The van der Waals surface area contributed by atoms with E-state index in [1.54, 1.807) is 0 Å². The van der Waals surface area contributed by atoms with E-state index in [-0.39, 0.29) is 0 Å². The van der Waals surface area contributed by atoms with Crippen LogP contribution in [0.5, 0.6) is 0 Å². The molecule has 12 heavy (non-hydrogen) atoms. The van der Waals surface area contributed by atoms with Crippen LogP contribution in [0.15, 0.2) is 23.8 Å². The average molecular weight is 164 g/mol. The minimum Gasteiger partial charge on any atom is -0.101 e. The van der Waals surface area contributed by atoms with Gasteiger partial charge in [0.25, 0.3) is 0 Å². The molecule has 0 nitrogen and oxygen atoms in total. The molecule has 0 aliphatic heterocycles. The highest BCUT2D eigenvalue weighted by atomic mass is 13.8. The van der Waals surface area contributed by atoms with Crippen molar-refractivity contribution in [2.45, 2.75) is 41.0 Å². The predicted octanol–water partition coefficient (Wildman–Crippen LogP) is 3.95. The summed E-state index contributed by atoms with van der Waals surface area (Å²) in [6.07, 6.45) is 7.21. The predicted molar refractivity (Wildman–Crippen MR) is 58.0 cm³/mol. The molecule has 0 aliphatic rings. The van der Waals surface area contributed by atoms with Crippen molar-refractivity contribution in [3.8, 4) is 11.8 Å². The van der Waals surface area contributed by atoms with E-state index in [1.165, 1.54) is 0 Å². The maximum absolute atomic E-state index is 3.01. The fourth-order valence-corrected chi connectivity index (χ4v) is 0.705. The summed E-state index contributed by atoms with van der Waals surface area (Å²) >= 11 is 0. The molecular weight excluding hydrogens is 144 g/mol. The summed E-state index contributed by atoms with van der Waals surface area (Å²) in [6, 6.07) is 0. The first-order valence-electron chi connectivity index (χ1n) is 4.60. The van der Waals surface area contributed by atoms with Gasteiger partial charge in [-0.2, -0.15) is 0 Å². The van der Waals surface area contributed by atoms with Crippen molar-refractivity contribution in [3.63, 3.8) is 0 Å². The van der Waals surface area contributed by atoms with Gasteiger partial charge in [-0.25, -0.2) is 0 Å². The highest BCUT2D eigenvalue weighted by Crippen LogP contribution is 1.96. The molecule has 0 fully saturated rings. The summed E-state index contributed by atoms with van der Waals surface area (Å²) in [5.41, 5.74) is 1.12. The Bertz CT molecular complexity index is 184. The molecule has 0 aromatic rings. The Kier molecular flexibility index (Phi) is 14.4. The van der Waals surface area contributed by atoms with Crippen molar-refractivity contribution in [1.29, 1.82) is 0 Å². The van der Waals surface area contributed by atoms with Crippen LogP contribution in [0.25, 0.3) is 0 Å². The van der Waals surface area contributed by atoms with Gasteiger partial charge in [0.05, 0.1) is 0 Å². The monoisotopic (exact) mass is 164 g/mol. The van der Waals surface area contributed by atoms with Gasteiger partial charge in [-0.15, -0.1) is 5.92 Å². The highest BCUT2D eigenvalue weighted by molar-refractivity contribution is 5.37. The van der Waals surface area contributed by atoms with Crippen LogP contribution in [0.3, 0.4) is 0 Å². The summed E-state index contributed by atoms with van der Waals surface area (Å²) in [5, 5.41) is 0. The zero-order valence-electron chi connectivity index (χ0n) is 8.94. The molecule has 0 rings (SSSR count). The number of rotatable bonds is 2. The molecule has 0 radical (unpaired) electrons. The maximum Gasteiger partial charge on any atom is 0.0201 e. The van der Waals surface area contributed by atoms with E-state index in [4.69, 9.17) is 0 Å². The van der Waals surface area contributed by atoms with Crippen molar-refractivity contribution in [2.75, 3.05) is 0 Å². The first-order chi connectivity index (χ1) is 5.85. The van der Waals surface area contributed by atoms with Crippen molar-refractivity contribution < 1.29 is 0 Å². The zero-order valence-corrected chi connectivity index (χ0v) is 8.94. The van der Waals surface area contributed by atoms with E-state index in [1.807, 2.05) is 39.8 Å². The van der Waals surface area contributed by atoms with Crippen LogP contribution in [0.1, 0.15) is 41.0 Å². The minimum absolute atomic E-state index is 1.05. The Labute approximate surface area is 77.4 Å². The van der Waals surface area contributed by atoms with Gasteiger partial charge in [0.15, 0.2) is 0 Å². The van der Waals surface area contributed by atoms with E-state index in [2.05, 4.69) is 24.8 Å². The molecule has 68 valence electrons. The Balaban J connectivity index is 0. The molecular formula is C12H20. The van der Waals surface area contributed by atoms with Crippen LogP contribution < -0.4 is 0 Å². The normalized spacial score (nSPS) is 9.92. The van der Waals surface area contributed by atoms with E-state index in [0.29, 0.717) is 0 Å². The van der Waals surface area contributed by atoms with Crippen LogP contribution in [-0.4, -0.2) is 0 Å². The van der Waals surface area contributed by atoms with Crippen molar-refractivity contribution in [1.82, 2.24) is 0 Å². The lowest BCUT2D eigenvalue weighted by molar-refractivity contribution is 1.21. The summed E-state index contributed by atoms with van der Waals surface area (Å²) in [5.74, 6) is 5.88. The fourth-order valence-electron chi connectivity index (χ4n) is 0.705. The lowest BCUT2D eigenvalue weighted by Gasteiger charge is -1.86. The second-order valence-corrected chi connectivity index (χ2v) is 1.94. The minimum atomic E-state index is 1.05. The fraction of sp³-hybridized carbons (Fsp3) is 0.500. The van der Waals surface area contributed by atoms with E-state index < -0.39 is 0 Å². The molecule has 0 amide bonds. The van der Waals surface area contributed by atoms with Crippen LogP contribution in [-0.2, 0) is 0 Å². The van der Waals surface area contributed by atoms with E-state index in [0.717, 1.165) is 12.0 Å². The van der Waals surface area contributed by atoms with Crippen LogP contribution in [0, 0.1) is 11.8 Å². The van der Waals surface area contributed by atoms with Crippen LogP contribution in [0.4, 0.5) is 0 Å². The molecule has 0 aromatic heterocycles. The van der Waals surface area contributed by atoms with Gasteiger partial charge in [0.2, 0.25) is 0 Å². The molecule has 0 bridgehead atoms. The lowest BCUT2D eigenvalue weighted by Crippen LogP contribution is -1.70. The first-order valence-corrected chi connectivity index (χ1v) is 4.60. The van der Waals surface area contributed by atoms with Gasteiger partial charge < -0.3 is 0 Å². The van der Waals surface area contributed by atoms with Gasteiger partial charge in [0, 0.05) is 5.57 Å². The molecule has 0 saturated carbocycles. The average Bonchev–Trinajstić information content (AvgIpc) is 2.10. The third kappa shape index (κ3) is 9.04. The van der Waals surface area contributed by atoms with Gasteiger partial charge in [-0.3, -0.25) is 0 Å². The molecule has 0 heteroatoms. The molecule has 0 saturated heterocycles. The van der Waals surface area contributed by atoms with Crippen molar-refractivity contribution >= 4 is 0 Å². The SMILES string of the molecule is CC.CC#CC(/C=C\C)=C/CC. The smallest absolute Gasteiger partial charge is 0.0201 e. The molecule has 0 heterocycles. The third-order valence-electron chi connectivity index (χ3n) is 1.04. The molecule has 0 atom stereocenters. The number of hydrogen-bond acceptors (Lipinski definition) is 0. The van der Waals surface area contributed by atoms with Crippen molar-refractivity contribution in [2.24, 2.45) is 0 Å². The largest absolute Gasteiger partial charge is 0.101 e. The Morgan fingerprint density at radius 1 is 1.33 bits per heavy atom. The van der Waals surface area contributed by atoms with Gasteiger partial charge in [0.1, 0.15) is 0 Å². The molecule has 0 N–H and O–H groups in total. The highest BCUT2D eigenvalue weighted by Gasteiger charge is 1.79. The van der Waals surface area contributed by atoms with E-state index in [9.17, 15) is 0 Å². The zero-order chi connectivity index (χ0) is 9.82. The standard InChI is InChI=1S/C10H14.C2H6/c1-4-7-10(8-5-2)9-6-3;1-2/h4,7-8H,5H2,1-3H3;1-2H3/b7-4-,10-8+;. The second-order valence-electron chi connectivity index (χ2n) is 1.94. The summed E-state index contributed by atoms with van der Waals surface area (Å²) < 4.78 is 0. The third-order valence-corrected chi connectivity index (χ3v) is 1.04. The summed E-state index contributed by atoms with van der Waals surface area (Å²) in [6.45, 7) is 9.97. The second kappa shape index (κ2) is 12.7. The molecule has 0 unspecified atom stereocenters. The lowest BCUT2D eigenvalue weighted by atomic mass is 10.2. The summed E-state index contributed by atoms with van der Waals surface area (Å²) in [7, 11) is 0.